The van der Waals surface area contributed by atoms with Crippen LogP contribution in [0.4, 0.5) is 5.82 Å². The third kappa shape index (κ3) is 4.47. The van der Waals surface area contributed by atoms with Gasteiger partial charge in [0.2, 0.25) is 6.79 Å². The number of benzene rings is 1. The molecule has 0 radical (unpaired) electrons. The fourth-order valence-corrected chi connectivity index (χ4v) is 5.27. The predicted octanol–water partition coefficient (Wildman–Crippen LogP) is 4.67. The molecule has 7 nitrogen and oxygen atoms in total. The number of fused-ring (bicyclic) bond motifs is 2. The van der Waals surface area contributed by atoms with Gasteiger partial charge in [0.05, 0.1) is 5.52 Å². The molecule has 1 aliphatic heterocycles. The molecule has 0 fully saturated rings. The van der Waals surface area contributed by atoms with Gasteiger partial charge in [0.25, 0.3) is 0 Å². The summed E-state index contributed by atoms with van der Waals surface area (Å²) in [7, 11) is 0. The standard InChI is InChI=1S/C21H26IN5O2S/c1-3-13(4-2)24-7-5-9-27-15-6-8-25-20(23)19(15)26-21(27)30-18-11-17-16(10-14(18)22)28-12-29-17/h6,8,10-11,13,24H,3-5,7,9,12H2,1-2H3,(H2,23,25). The van der Waals surface area contributed by atoms with Gasteiger partial charge in [0.1, 0.15) is 5.52 Å². The lowest BCUT2D eigenvalue weighted by atomic mass is 10.2. The predicted molar refractivity (Wildman–Crippen MR) is 128 cm³/mol. The maximum Gasteiger partial charge on any atom is 0.231 e. The van der Waals surface area contributed by atoms with Gasteiger partial charge < -0.3 is 25.1 Å². The van der Waals surface area contributed by atoms with Crippen molar-refractivity contribution in [3.63, 3.8) is 0 Å². The summed E-state index contributed by atoms with van der Waals surface area (Å²) in [4.78, 5) is 10.1. The quantitative estimate of drug-likeness (QED) is 0.302. The summed E-state index contributed by atoms with van der Waals surface area (Å²) in [6.07, 6.45) is 5.06. The van der Waals surface area contributed by atoms with Crippen LogP contribution < -0.4 is 20.5 Å². The van der Waals surface area contributed by atoms with E-state index in [-0.39, 0.29) is 6.79 Å². The second-order valence-electron chi connectivity index (χ2n) is 7.17. The first-order valence-electron chi connectivity index (χ1n) is 10.2. The molecule has 4 rings (SSSR count). The Balaban J connectivity index is 1.59. The average molecular weight is 539 g/mol. The maximum atomic E-state index is 6.12. The van der Waals surface area contributed by atoms with E-state index in [0.717, 1.165) is 68.5 Å². The molecule has 3 N–H and O–H groups in total. The highest BCUT2D eigenvalue weighted by atomic mass is 127. The molecule has 1 aliphatic rings. The molecule has 0 spiro atoms. The highest BCUT2D eigenvalue weighted by molar-refractivity contribution is 14.1. The highest BCUT2D eigenvalue weighted by Gasteiger charge is 2.20. The van der Waals surface area contributed by atoms with Crippen LogP contribution in [0.3, 0.4) is 0 Å². The number of pyridine rings is 1. The molecule has 1 aromatic carbocycles. The van der Waals surface area contributed by atoms with Gasteiger partial charge in [-0.1, -0.05) is 25.6 Å². The smallest absolute Gasteiger partial charge is 0.231 e. The van der Waals surface area contributed by atoms with Crippen molar-refractivity contribution in [3.05, 3.63) is 28.0 Å². The van der Waals surface area contributed by atoms with E-state index in [1.165, 1.54) is 0 Å². The summed E-state index contributed by atoms with van der Waals surface area (Å²) < 4.78 is 14.4. The van der Waals surface area contributed by atoms with Crippen molar-refractivity contribution in [3.8, 4) is 11.5 Å². The van der Waals surface area contributed by atoms with Gasteiger partial charge in [0, 0.05) is 27.2 Å². The molecular weight excluding hydrogens is 513 g/mol. The van der Waals surface area contributed by atoms with Gasteiger partial charge in [-0.3, -0.25) is 0 Å². The van der Waals surface area contributed by atoms with Crippen molar-refractivity contribution in [1.29, 1.82) is 0 Å². The zero-order chi connectivity index (χ0) is 21.1. The monoisotopic (exact) mass is 539 g/mol. The number of rotatable bonds is 9. The molecule has 160 valence electrons. The largest absolute Gasteiger partial charge is 0.454 e. The summed E-state index contributed by atoms with van der Waals surface area (Å²) in [6.45, 7) is 6.54. The number of hydrogen-bond acceptors (Lipinski definition) is 7. The molecule has 0 saturated heterocycles. The number of nitrogens with two attached hydrogens (primary N) is 1. The van der Waals surface area contributed by atoms with Crippen molar-refractivity contribution >= 4 is 51.2 Å². The van der Waals surface area contributed by atoms with Crippen LogP contribution in [0.5, 0.6) is 11.5 Å². The number of nitrogens with zero attached hydrogens (tertiary/aromatic N) is 3. The Morgan fingerprint density at radius 1 is 1.27 bits per heavy atom. The summed E-state index contributed by atoms with van der Waals surface area (Å²) in [5.74, 6) is 2.03. The van der Waals surface area contributed by atoms with E-state index in [9.17, 15) is 0 Å². The van der Waals surface area contributed by atoms with Crippen molar-refractivity contribution < 1.29 is 9.47 Å². The summed E-state index contributed by atoms with van der Waals surface area (Å²) in [5.41, 5.74) is 7.89. The van der Waals surface area contributed by atoms with E-state index in [1.807, 2.05) is 18.2 Å². The second-order valence-corrected chi connectivity index (χ2v) is 9.34. The summed E-state index contributed by atoms with van der Waals surface area (Å²) in [6, 6.07) is 6.60. The molecule has 3 heterocycles. The number of hydrogen-bond donors (Lipinski definition) is 2. The van der Waals surface area contributed by atoms with Crippen LogP contribution >= 0.6 is 34.4 Å². The first kappa shape index (κ1) is 21.5. The lowest BCUT2D eigenvalue weighted by Gasteiger charge is -2.15. The molecule has 0 amide bonds. The Bertz CT molecular complexity index is 1040. The second kappa shape index (κ2) is 9.61. The molecule has 30 heavy (non-hydrogen) atoms. The number of aromatic nitrogens is 3. The Kier molecular flexibility index (Phi) is 6.89. The molecule has 0 aliphatic carbocycles. The van der Waals surface area contributed by atoms with E-state index < -0.39 is 0 Å². The minimum atomic E-state index is 0.268. The minimum Gasteiger partial charge on any atom is -0.454 e. The van der Waals surface area contributed by atoms with Crippen molar-refractivity contribution in [2.45, 2.75) is 55.7 Å². The van der Waals surface area contributed by atoms with Crippen LogP contribution in [0.15, 0.2) is 34.4 Å². The van der Waals surface area contributed by atoms with E-state index >= 15 is 0 Å². The topological polar surface area (TPSA) is 87.2 Å². The first-order valence-corrected chi connectivity index (χ1v) is 12.1. The number of aryl methyl sites for hydroxylation is 1. The van der Waals surface area contributed by atoms with Gasteiger partial charge in [-0.25, -0.2) is 9.97 Å². The molecule has 0 saturated carbocycles. The van der Waals surface area contributed by atoms with Crippen LogP contribution in [-0.4, -0.2) is 33.9 Å². The Morgan fingerprint density at radius 3 is 2.80 bits per heavy atom. The van der Waals surface area contributed by atoms with E-state index in [0.29, 0.717) is 11.9 Å². The van der Waals surface area contributed by atoms with Crippen molar-refractivity contribution in [2.24, 2.45) is 0 Å². The lowest BCUT2D eigenvalue weighted by molar-refractivity contribution is 0.174. The molecule has 3 aromatic rings. The number of anilines is 1. The van der Waals surface area contributed by atoms with Crippen LogP contribution in [-0.2, 0) is 6.54 Å². The van der Waals surface area contributed by atoms with Crippen molar-refractivity contribution in [1.82, 2.24) is 19.9 Å². The molecule has 0 bridgehead atoms. The Labute approximate surface area is 194 Å². The summed E-state index contributed by atoms with van der Waals surface area (Å²) >= 11 is 3.95. The molecular formula is C21H26IN5O2S. The maximum absolute atomic E-state index is 6.12. The van der Waals surface area contributed by atoms with E-state index in [4.69, 9.17) is 20.2 Å². The normalized spacial score (nSPS) is 12.9. The number of nitrogens with one attached hydrogen (secondary N) is 1. The van der Waals surface area contributed by atoms with Crippen molar-refractivity contribution in [2.75, 3.05) is 19.1 Å². The third-order valence-corrected chi connectivity index (χ3v) is 7.58. The third-order valence-electron chi connectivity index (χ3n) is 5.27. The molecule has 0 unspecified atom stereocenters. The van der Waals surface area contributed by atoms with Crippen LogP contribution in [0.1, 0.15) is 33.1 Å². The van der Waals surface area contributed by atoms with E-state index in [1.54, 1.807) is 18.0 Å². The van der Waals surface area contributed by atoms with E-state index in [2.05, 4.69) is 51.3 Å². The zero-order valence-corrected chi connectivity index (χ0v) is 20.1. The average Bonchev–Trinajstić information content (AvgIpc) is 3.33. The van der Waals surface area contributed by atoms with Crippen LogP contribution in [0, 0.1) is 3.57 Å². The van der Waals surface area contributed by atoms with Gasteiger partial charge in [-0.05, 0) is 66.6 Å². The number of nitrogen functional groups attached to an aromatic ring is 1. The lowest BCUT2D eigenvalue weighted by Crippen LogP contribution is -2.29. The fraction of sp³-hybridized carbons (Fsp3) is 0.429. The van der Waals surface area contributed by atoms with Gasteiger partial charge in [0.15, 0.2) is 22.5 Å². The summed E-state index contributed by atoms with van der Waals surface area (Å²) in [5, 5.41) is 4.54. The SMILES string of the molecule is CCC(CC)NCCCn1c(Sc2cc3c(cc2I)OCO3)nc2c(N)nccc21. The number of halogens is 1. The van der Waals surface area contributed by atoms with Gasteiger partial charge in [-0.2, -0.15) is 0 Å². The minimum absolute atomic E-state index is 0.268. The molecule has 0 atom stereocenters. The first-order chi connectivity index (χ1) is 14.6. The van der Waals surface area contributed by atoms with Gasteiger partial charge in [-0.15, -0.1) is 0 Å². The number of ether oxygens (including phenoxy) is 2. The number of imidazole rings is 1. The Hall–Kier alpha value is -1.72. The zero-order valence-electron chi connectivity index (χ0n) is 17.2. The van der Waals surface area contributed by atoms with Crippen LogP contribution in [0.25, 0.3) is 11.0 Å². The van der Waals surface area contributed by atoms with Crippen LogP contribution in [0.2, 0.25) is 0 Å². The molecule has 2 aromatic heterocycles. The fourth-order valence-electron chi connectivity index (χ4n) is 3.54. The van der Waals surface area contributed by atoms with Gasteiger partial charge >= 0.3 is 0 Å². The highest BCUT2D eigenvalue weighted by Crippen LogP contribution is 2.41. The molecule has 9 heteroatoms. The Morgan fingerprint density at radius 2 is 2.03 bits per heavy atom.